The number of halogens is 1. The fourth-order valence-corrected chi connectivity index (χ4v) is 5.75. The number of allylic oxidation sites excluding steroid dienone is 4. The van der Waals surface area contributed by atoms with Crippen LogP contribution in [-0.4, -0.2) is 36.8 Å². The van der Waals surface area contributed by atoms with Crippen molar-refractivity contribution in [3.05, 3.63) is 88.7 Å². The second kappa shape index (κ2) is 11.7. The maximum absolute atomic E-state index is 13.6. The minimum atomic E-state index is -1.01. The second-order valence-electron chi connectivity index (χ2n) is 11.2. The zero-order valence-electron chi connectivity index (χ0n) is 23.2. The van der Waals surface area contributed by atoms with Crippen molar-refractivity contribution in [1.82, 2.24) is 4.90 Å². The molecule has 0 N–H and O–H groups in total. The monoisotopic (exact) mass is 503 g/mol. The highest BCUT2D eigenvalue weighted by Crippen LogP contribution is 2.36. The first kappa shape index (κ1) is 27.2. The molecule has 198 valence electrons. The van der Waals surface area contributed by atoms with Gasteiger partial charge in [0.1, 0.15) is 23.8 Å². The van der Waals surface area contributed by atoms with E-state index in [1.165, 1.54) is 33.4 Å². The van der Waals surface area contributed by atoms with Gasteiger partial charge in [-0.25, -0.2) is 4.39 Å². The van der Waals surface area contributed by atoms with Crippen molar-refractivity contribution in [2.45, 2.75) is 66.2 Å². The summed E-state index contributed by atoms with van der Waals surface area (Å²) in [7, 11) is 0. The molecule has 1 atom stereocenters. The van der Waals surface area contributed by atoms with E-state index < -0.39 is 5.67 Å². The Morgan fingerprint density at radius 1 is 1.14 bits per heavy atom. The molecule has 37 heavy (non-hydrogen) atoms. The number of rotatable bonds is 10. The summed E-state index contributed by atoms with van der Waals surface area (Å²) in [6.45, 7) is 17.6. The van der Waals surface area contributed by atoms with Gasteiger partial charge in [0.05, 0.1) is 6.61 Å². The molecule has 4 rings (SSSR count). The van der Waals surface area contributed by atoms with E-state index in [1.807, 2.05) is 0 Å². The van der Waals surface area contributed by atoms with Crippen LogP contribution in [0.1, 0.15) is 56.7 Å². The molecule has 1 heterocycles. The first-order valence-electron chi connectivity index (χ1n) is 13.6. The van der Waals surface area contributed by atoms with E-state index >= 15 is 0 Å². The van der Waals surface area contributed by atoms with Crippen molar-refractivity contribution < 1.29 is 13.9 Å². The molecule has 1 aliphatic carbocycles. The lowest BCUT2D eigenvalue weighted by Crippen LogP contribution is -2.57. The third kappa shape index (κ3) is 7.13. The summed E-state index contributed by atoms with van der Waals surface area (Å²) in [5.74, 6) is 2.29. The zero-order valence-corrected chi connectivity index (χ0v) is 23.2. The van der Waals surface area contributed by atoms with E-state index in [1.54, 1.807) is 6.92 Å². The molecule has 1 unspecified atom stereocenters. The maximum atomic E-state index is 13.6. The van der Waals surface area contributed by atoms with Gasteiger partial charge < -0.3 is 9.47 Å². The summed E-state index contributed by atoms with van der Waals surface area (Å²) in [5, 5.41) is 0. The van der Waals surface area contributed by atoms with Gasteiger partial charge in [0.2, 0.25) is 0 Å². The van der Waals surface area contributed by atoms with Crippen LogP contribution in [0.25, 0.3) is 11.1 Å². The lowest BCUT2D eigenvalue weighted by molar-refractivity contribution is -0.0191. The Balaban J connectivity index is 1.34. The largest absolute Gasteiger partial charge is 0.494 e. The lowest BCUT2D eigenvalue weighted by atomic mass is 9.94. The predicted octanol–water partition coefficient (Wildman–Crippen LogP) is 8.12. The highest BCUT2D eigenvalue weighted by Gasteiger charge is 2.37. The summed E-state index contributed by atoms with van der Waals surface area (Å²) in [6, 6.07) is 12.8. The van der Waals surface area contributed by atoms with Crippen LogP contribution in [0, 0.1) is 19.8 Å². The number of nitrogens with zero attached hydrogens (tertiary/aromatic N) is 1. The number of hydrogen-bond acceptors (Lipinski definition) is 3. The highest BCUT2D eigenvalue weighted by atomic mass is 19.1. The van der Waals surface area contributed by atoms with Crippen molar-refractivity contribution >= 4 is 0 Å². The molecule has 2 aromatic carbocycles. The summed E-state index contributed by atoms with van der Waals surface area (Å²) in [6.07, 6.45) is 7.45. The fraction of sp³-hybridized carbons (Fsp3) is 0.455. The smallest absolute Gasteiger partial charge is 0.133 e. The average molecular weight is 504 g/mol. The second-order valence-corrected chi connectivity index (χ2v) is 11.2. The van der Waals surface area contributed by atoms with Crippen LogP contribution in [-0.2, 0) is 11.3 Å². The van der Waals surface area contributed by atoms with Crippen LogP contribution in [0.4, 0.5) is 4.39 Å². The number of aryl methyl sites for hydroxylation is 2. The Kier molecular flexibility index (Phi) is 8.59. The van der Waals surface area contributed by atoms with E-state index in [2.05, 4.69) is 87.7 Å². The van der Waals surface area contributed by atoms with Crippen molar-refractivity contribution in [3.8, 4) is 16.9 Å². The predicted molar refractivity (Wildman–Crippen MR) is 152 cm³/mol. The molecule has 3 nitrogen and oxygen atoms in total. The molecule has 1 saturated heterocycles. The Morgan fingerprint density at radius 2 is 1.84 bits per heavy atom. The first-order valence-corrected chi connectivity index (χ1v) is 13.6. The van der Waals surface area contributed by atoms with Gasteiger partial charge in [-0.1, -0.05) is 37.8 Å². The number of ether oxygens (including phenoxy) is 2. The van der Waals surface area contributed by atoms with Crippen LogP contribution >= 0.6 is 0 Å². The van der Waals surface area contributed by atoms with Crippen LogP contribution in [0.3, 0.4) is 0 Å². The topological polar surface area (TPSA) is 21.7 Å². The van der Waals surface area contributed by atoms with Crippen LogP contribution in [0.2, 0.25) is 0 Å². The van der Waals surface area contributed by atoms with Crippen LogP contribution < -0.4 is 4.74 Å². The first-order chi connectivity index (χ1) is 17.6. The summed E-state index contributed by atoms with van der Waals surface area (Å²) in [4.78, 5) is 2.14. The Labute approximate surface area is 222 Å². The molecule has 1 aliphatic heterocycles. The van der Waals surface area contributed by atoms with Crippen molar-refractivity contribution in [2.75, 3.05) is 26.2 Å². The number of hydrogen-bond donors (Lipinski definition) is 0. The van der Waals surface area contributed by atoms with Crippen molar-refractivity contribution in [1.29, 1.82) is 0 Å². The van der Waals surface area contributed by atoms with Gasteiger partial charge in [0, 0.05) is 19.6 Å². The third-order valence-electron chi connectivity index (χ3n) is 7.37. The molecular weight excluding hydrogens is 461 g/mol. The molecule has 0 spiro atoms. The lowest BCUT2D eigenvalue weighted by Gasteiger charge is -2.42. The normalized spacial score (nSPS) is 21.3. The van der Waals surface area contributed by atoms with Gasteiger partial charge in [0.25, 0.3) is 0 Å². The number of alkyl halides is 1. The minimum absolute atomic E-state index is 0.495. The molecule has 2 aromatic rings. The fourth-order valence-electron chi connectivity index (χ4n) is 5.75. The quantitative estimate of drug-likeness (QED) is 0.241. The average Bonchev–Trinajstić information content (AvgIpc) is 3.18. The summed E-state index contributed by atoms with van der Waals surface area (Å²) < 4.78 is 25.7. The molecule has 1 saturated carbocycles. The van der Waals surface area contributed by atoms with E-state index in [0.29, 0.717) is 32.2 Å². The Morgan fingerprint density at radius 3 is 2.51 bits per heavy atom. The van der Waals surface area contributed by atoms with E-state index in [0.717, 1.165) is 42.9 Å². The molecule has 0 amide bonds. The molecule has 2 aliphatic rings. The molecule has 0 bridgehead atoms. The minimum Gasteiger partial charge on any atom is -0.494 e. The van der Waals surface area contributed by atoms with Crippen molar-refractivity contribution in [3.63, 3.8) is 0 Å². The molecule has 4 heteroatoms. The third-order valence-corrected chi connectivity index (χ3v) is 7.37. The van der Waals surface area contributed by atoms with Crippen LogP contribution in [0.15, 0.2) is 72.0 Å². The molecular formula is C33H42FNO2. The number of benzene rings is 2. The zero-order chi connectivity index (χ0) is 26.6. The van der Waals surface area contributed by atoms with E-state index in [9.17, 15) is 4.39 Å². The summed E-state index contributed by atoms with van der Waals surface area (Å²) in [5.41, 5.74) is 7.67. The van der Waals surface area contributed by atoms with Gasteiger partial charge >= 0.3 is 0 Å². The van der Waals surface area contributed by atoms with Gasteiger partial charge in [-0.3, -0.25) is 4.90 Å². The summed E-state index contributed by atoms with van der Waals surface area (Å²) >= 11 is 0. The van der Waals surface area contributed by atoms with Crippen molar-refractivity contribution in [2.24, 2.45) is 5.92 Å². The Hall–Kier alpha value is -2.85. The highest BCUT2D eigenvalue weighted by molar-refractivity contribution is 5.72. The van der Waals surface area contributed by atoms with Gasteiger partial charge in [-0.05, 0) is 116 Å². The van der Waals surface area contributed by atoms with Gasteiger partial charge in [-0.15, -0.1) is 0 Å². The molecule has 2 fully saturated rings. The van der Waals surface area contributed by atoms with Crippen LogP contribution in [0.5, 0.6) is 5.75 Å². The Bertz CT molecular complexity index is 1160. The standard InChI is InChI=1S/C33H42FNO2/c1-7-28-14-23(2)15-30(28)18-26(5)37-20-27-10-8-11-29(19-27)32-24(3)16-31(17-25(32)4)36-13-9-12-35-21-33(6,34)22-35/h7-8,10-11,16-19,23H,5,9,12-15,20-22H2,1-4,6H3/b28-7-,30-18-. The van der Waals surface area contributed by atoms with E-state index in [4.69, 9.17) is 9.47 Å². The molecule has 0 aromatic heterocycles. The van der Waals surface area contributed by atoms with E-state index in [-0.39, 0.29) is 0 Å². The maximum Gasteiger partial charge on any atom is 0.133 e. The number of likely N-dealkylation sites (tertiary alicyclic amines) is 1. The molecule has 0 radical (unpaired) electrons. The van der Waals surface area contributed by atoms with Gasteiger partial charge in [0.15, 0.2) is 0 Å². The van der Waals surface area contributed by atoms with Gasteiger partial charge in [-0.2, -0.15) is 0 Å². The SMILES string of the molecule is C=C(/C=C1/CC(C)C/C1=C/C)OCc1cccc(-c2c(C)cc(OCCCN3CC(C)(F)C3)cc2C)c1.